The van der Waals surface area contributed by atoms with Crippen LogP contribution in [0.15, 0.2) is 24.3 Å². The second kappa shape index (κ2) is 6.00. The molecule has 0 heterocycles. The van der Waals surface area contributed by atoms with Gasteiger partial charge in [-0.05, 0) is 31.0 Å². The van der Waals surface area contributed by atoms with Crippen molar-refractivity contribution in [1.29, 1.82) is 0 Å². The molecule has 0 saturated heterocycles. The Labute approximate surface area is 99.6 Å². The predicted octanol–water partition coefficient (Wildman–Crippen LogP) is -0.124. The van der Waals surface area contributed by atoms with Gasteiger partial charge in [-0.15, -0.1) is 0 Å². The van der Waals surface area contributed by atoms with Crippen LogP contribution in [0.2, 0.25) is 0 Å². The van der Waals surface area contributed by atoms with Crippen molar-refractivity contribution in [2.45, 2.75) is 25.4 Å². The highest BCUT2D eigenvalue weighted by molar-refractivity contribution is 5.84. The summed E-state index contributed by atoms with van der Waals surface area (Å²) in [7, 11) is 0. The number of nitrogens with two attached hydrogens (primary N) is 1. The van der Waals surface area contributed by atoms with Crippen molar-refractivity contribution in [3.05, 3.63) is 29.8 Å². The molecule has 4 N–H and O–H groups in total. The van der Waals surface area contributed by atoms with Gasteiger partial charge < -0.3 is 16.2 Å². The summed E-state index contributed by atoms with van der Waals surface area (Å²) in [5.74, 6) is -0.232. The molecule has 0 aromatic heterocycles. The number of hydrogen-bond donors (Lipinski definition) is 3. The molecule has 0 spiro atoms. The minimum atomic E-state index is -0.727. The number of carbonyl (C=O) groups excluding carboxylic acids is 2. The van der Waals surface area contributed by atoms with E-state index in [2.05, 4.69) is 5.32 Å². The standard InChI is InChI=1S/C12H15N2O3/c1-8(7-15)14-12(17)11(13)6-9-2-4-10(16)5-3-9/h2-5,8,11,16H,6,13H2,1H3,(H,14,17)/t8-,11-/m0/s1. The first-order chi connectivity index (χ1) is 8.02. The molecule has 0 saturated carbocycles. The maximum absolute atomic E-state index is 11.5. The zero-order valence-corrected chi connectivity index (χ0v) is 9.51. The van der Waals surface area contributed by atoms with Gasteiger partial charge in [0.2, 0.25) is 12.2 Å². The lowest BCUT2D eigenvalue weighted by atomic mass is 10.1. The summed E-state index contributed by atoms with van der Waals surface area (Å²) in [6.07, 6.45) is 2.00. The van der Waals surface area contributed by atoms with Gasteiger partial charge in [-0.2, -0.15) is 0 Å². The summed E-state index contributed by atoms with van der Waals surface area (Å²) in [4.78, 5) is 21.8. The van der Waals surface area contributed by atoms with Gasteiger partial charge in [0.15, 0.2) is 0 Å². The molecule has 0 aliphatic carbocycles. The van der Waals surface area contributed by atoms with Crippen molar-refractivity contribution in [3.8, 4) is 5.75 Å². The monoisotopic (exact) mass is 235 g/mol. The first kappa shape index (κ1) is 13.2. The van der Waals surface area contributed by atoms with E-state index >= 15 is 0 Å². The third kappa shape index (κ3) is 4.24. The molecule has 1 aromatic carbocycles. The van der Waals surface area contributed by atoms with Crippen molar-refractivity contribution in [3.63, 3.8) is 0 Å². The highest BCUT2D eigenvalue weighted by Gasteiger charge is 2.16. The van der Waals surface area contributed by atoms with Crippen LogP contribution in [-0.4, -0.2) is 29.4 Å². The van der Waals surface area contributed by atoms with Gasteiger partial charge in [0.05, 0.1) is 12.1 Å². The van der Waals surface area contributed by atoms with E-state index in [4.69, 9.17) is 10.8 Å². The van der Waals surface area contributed by atoms with Gasteiger partial charge in [-0.3, -0.25) is 9.59 Å². The summed E-state index contributed by atoms with van der Waals surface area (Å²) in [5.41, 5.74) is 6.53. The number of carbonyl (C=O) groups is 1. The fourth-order valence-corrected chi connectivity index (χ4v) is 1.33. The van der Waals surface area contributed by atoms with Gasteiger partial charge in [0.1, 0.15) is 5.75 Å². The number of phenols is 1. The van der Waals surface area contributed by atoms with E-state index in [0.29, 0.717) is 6.42 Å². The van der Waals surface area contributed by atoms with Crippen molar-refractivity contribution in [2.75, 3.05) is 0 Å². The Balaban J connectivity index is 2.53. The lowest BCUT2D eigenvalue weighted by molar-refractivity contribution is -0.122. The van der Waals surface area contributed by atoms with E-state index in [0.717, 1.165) is 5.56 Å². The lowest BCUT2D eigenvalue weighted by Crippen LogP contribution is -2.45. The number of hydrogen-bond acceptors (Lipinski definition) is 4. The van der Waals surface area contributed by atoms with Crippen LogP contribution in [0.25, 0.3) is 0 Å². The minimum absolute atomic E-state index is 0.163. The summed E-state index contributed by atoms with van der Waals surface area (Å²) >= 11 is 0. The Bertz CT molecular complexity index is 389. The molecule has 91 valence electrons. The van der Waals surface area contributed by atoms with Crippen LogP contribution in [0.1, 0.15) is 12.5 Å². The molecule has 0 unspecified atom stereocenters. The van der Waals surface area contributed by atoms with E-state index in [-0.39, 0.29) is 5.75 Å². The Morgan fingerprint density at radius 3 is 2.59 bits per heavy atom. The van der Waals surface area contributed by atoms with Gasteiger partial charge in [0, 0.05) is 0 Å². The Kier molecular flexibility index (Phi) is 4.66. The van der Waals surface area contributed by atoms with Gasteiger partial charge >= 0.3 is 0 Å². The van der Waals surface area contributed by atoms with Gasteiger partial charge in [-0.1, -0.05) is 12.1 Å². The van der Waals surface area contributed by atoms with Gasteiger partial charge in [0.25, 0.3) is 0 Å². The molecule has 1 amide bonds. The van der Waals surface area contributed by atoms with Crippen LogP contribution in [0, 0.1) is 0 Å². The maximum Gasteiger partial charge on any atom is 0.237 e. The highest BCUT2D eigenvalue weighted by Crippen LogP contribution is 2.10. The quantitative estimate of drug-likeness (QED) is 0.663. The smallest absolute Gasteiger partial charge is 0.237 e. The summed E-state index contributed by atoms with van der Waals surface area (Å²) in [5, 5.41) is 11.5. The Morgan fingerprint density at radius 1 is 1.47 bits per heavy atom. The molecule has 5 nitrogen and oxygen atoms in total. The van der Waals surface area contributed by atoms with Gasteiger partial charge in [-0.25, -0.2) is 0 Å². The third-order valence-electron chi connectivity index (χ3n) is 2.26. The van der Waals surface area contributed by atoms with E-state index in [1.54, 1.807) is 18.4 Å². The van der Waals surface area contributed by atoms with Crippen LogP contribution in [-0.2, 0) is 16.0 Å². The third-order valence-corrected chi connectivity index (χ3v) is 2.26. The molecule has 5 heteroatoms. The zero-order valence-electron chi connectivity index (χ0n) is 9.51. The minimum Gasteiger partial charge on any atom is -0.508 e. The van der Waals surface area contributed by atoms with E-state index < -0.39 is 18.0 Å². The number of amides is 1. The Hall–Kier alpha value is -1.88. The van der Waals surface area contributed by atoms with Crippen molar-refractivity contribution in [2.24, 2.45) is 5.73 Å². The molecule has 1 aromatic rings. The normalized spacial score (nSPS) is 13.8. The molecule has 17 heavy (non-hydrogen) atoms. The second-order valence-corrected chi connectivity index (χ2v) is 3.83. The fourth-order valence-electron chi connectivity index (χ4n) is 1.33. The van der Waals surface area contributed by atoms with Crippen molar-refractivity contribution in [1.82, 2.24) is 5.32 Å². The second-order valence-electron chi connectivity index (χ2n) is 3.83. The van der Waals surface area contributed by atoms with Crippen LogP contribution >= 0.6 is 0 Å². The zero-order chi connectivity index (χ0) is 12.8. The number of rotatable bonds is 5. The molecular weight excluding hydrogens is 220 g/mol. The number of benzene rings is 1. The van der Waals surface area contributed by atoms with E-state index in [9.17, 15) is 9.59 Å². The highest BCUT2D eigenvalue weighted by atomic mass is 16.3. The van der Waals surface area contributed by atoms with Crippen LogP contribution in [0.5, 0.6) is 5.75 Å². The topological polar surface area (TPSA) is 92.4 Å². The van der Waals surface area contributed by atoms with Crippen LogP contribution in [0.3, 0.4) is 0 Å². The SMILES string of the molecule is C[C@@H]([C]=O)NC(=O)[C@@H](N)Cc1ccc(O)cc1. The lowest BCUT2D eigenvalue weighted by Gasteiger charge is -2.13. The molecule has 1 rings (SSSR count). The number of aromatic hydroxyl groups is 1. The summed E-state index contributed by atoms with van der Waals surface area (Å²) < 4.78 is 0. The molecular formula is C12H15N2O3. The maximum atomic E-state index is 11.5. The number of phenolic OH excluding ortho intramolecular Hbond substituents is 1. The Morgan fingerprint density at radius 2 is 2.06 bits per heavy atom. The average Bonchev–Trinajstić information content (AvgIpc) is 2.31. The van der Waals surface area contributed by atoms with Crippen LogP contribution in [0.4, 0.5) is 0 Å². The molecule has 1 radical (unpaired) electrons. The average molecular weight is 235 g/mol. The molecule has 2 atom stereocenters. The van der Waals surface area contributed by atoms with E-state index in [1.807, 2.05) is 0 Å². The van der Waals surface area contributed by atoms with Crippen molar-refractivity contribution >= 4 is 12.2 Å². The summed E-state index contributed by atoms with van der Waals surface area (Å²) in [6, 6.07) is 5.06. The fraction of sp³-hybridized carbons (Fsp3) is 0.333. The van der Waals surface area contributed by atoms with Crippen LogP contribution < -0.4 is 11.1 Å². The van der Waals surface area contributed by atoms with E-state index in [1.165, 1.54) is 19.1 Å². The molecule has 0 fully saturated rings. The first-order valence-electron chi connectivity index (χ1n) is 5.24. The molecule has 0 aliphatic heterocycles. The number of nitrogens with one attached hydrogen (secondary N) is 1. The molecule has 0 bridgehead atoms. The summed E-state index contributed by atoms with van der Waals surface area (Å²) in [6.45, 7) is 1.53. The first-order valence-corrected chi connectivity index (χ1v) is 5.24. The van der Waals surface area contributed by atoms with Crippen molar-refractivity contribution < 1.29 is 14.7 Å². The predicted molar refractivity (Wildman–Crippen MR) is 63.1 cm³/mol. The molecule has 0 aliphatic rings. The largest absolute Gasteiger partial charge is 0.508 e.